The van der Waals surface area contributed by atoms with Gasteiger partial charge < -0.3 is 14.7 Å². The third-order valence-corrected chi connectivity index (χ3v) is 2.00. The predicted molar refractivity (Wildman–Crippen MR) is 50.8 cm³/mol. The van der Waals surface area contributed by atoms with Gasteiger partial charge in [0, 0.05) is 6.92 Å². The molecule has 0 aromatic carbocycles. The molecule has 2 unspecified atom stereocenters. The highest BCUT2D eigenvalue weighted by Gasteiger charge is 2.36. The SMILES string of the molecule is CC(=O)C(C(O)CC(=O)O)[N+](C)(C)C. The lowest BCUT2D eigenvalue weighted by atomic mass is 10.0. The minimum Gasteiger partial charge on any atom is -0.481 e. The molecule has 0 amide bonds. The molecule has 0 rings (SSSR count). The summed E-state index contributed by atoms with van der Waals surface area (Å²) >= 11 is 0. The molecule has 0 heterocycles. The molecule has 5 nitrogen and oxygen atoms in total. The number of likely N-dealkylation sites (N-methyl/N-ethyl adjacent to an activating group) is 1. The summed E-state index contributed by atoms with van der Waals surface area (Å²) in [7, 11) is 5.24. The van der Waals surface area contributed by atoms with E-state index in [2.05, 4.69) is 0 Å². The second kappa shape index (κ2) is 4.52. The van der Waals surface area contributed by atoms with Crippen LogP contribution in [0.4, 0.5) is 0 Å². The minimum absolute atomic E-state index is 0.203. The van der Waals surface area contributed by atoms with Gasteiger partial charge in [-0.05, 0) is 0 Å². The highest BCUT2D eigenvalue weighted by Crippen LogP contribution is 2.12. The van der Waals surface area contributed by atoms with Crippen LogP contribution in [0.15, 0.2) is 0 Å². The number of carbonyl (C=O) groups is 2. The average Bonchev–Trinajstić information content (AvgIpc) is 1.78. The number of Topliss-reactive ketones (excluding diaryl/α,β-unsaturated/α-hetero) is 1. The van der Waals surface area contributed by atoms with E-state index in [-0.39, 0.29) is 10.3 Å². The first kappa shape index (κ1) is 13.1. The van der Waals surface area contributed by atoms with Gasteiger partial charge in [0.15, 0.2) is 11.8 Å². The van der Waals surface area contributed by atoms with Crippen molar-refractivity contribution in [1.29, 1.82) is 0 Å². The molecule has 5 heteroatoms. The van der Waals surface area contributed by atoms with Gasteiger partial charge in [-0.25, -0.2) is 0 Å². The number of hydrogen-bond acceptors (Lipinski definition) is 3. The number of hydrogen-bond donors (Lipinski definition) is 2. The van der Waals surface area contributed by atoms with Crippen molar-refractivity contribution in [2.45, 2.75) is 25.5 Å². The quantitative estimate of drug-likeness (QED) is 0.591. The number of quaternary nitrogens is 1. The minimum atomic E-state index is -1.13. The number of aliphatic hydroxyl groups is 1. The van der Waals surface area contributed by atoms with Crippen molar-refractivity contribution in [1.82, 2.24) is 0 Å². The highest BCUT2D eigenvalue weighted by atomic mass is 16.4. The molecule has 0 saturated heterocycles. The summed E-state index contributed by atoms with van der Waals surface area (Å²) in [5.41, 5.74) is 0. The zero-order chi connectivity index (χ0) is 11.5. The van der Waals surface area contributed by atoms with Crippen LogP contribution in [0.2, 0.25) is 0 Å². The molecule has 0 aliphatic heterocycles. The van der Waals surface area contributed by atoms with Gasteiger partial charge in [0.2, 0.25) is 0 Å². The number of aliphatic hydroxyl groups excluding tert-OH is 1. The average molecular weight is 204 g/mol. The van der Waals surface area contributed by atoms with Crippen LogP contribution in [0.1, 0.15) is 13.3 Å². The highest BCUT2D eigenvalue weighted by molar-refractivity contribution is 5.81. The van der Waals surface area contributed by atoms with Crippen molar-refractivity contribution < 1.29 is 24.3 Å². The van der Waals surface area contributed by atoms with Crippen LogP contribution in [-0.2, 0) is 9.59 Å². The number of ketones is 1. The van der Waals surface area contributed by atoms with Gasteiger partial charge in [-0.2, -0.15) is 0 Å². The molecule has 0 bridgehead atoms. The Balaban J connectivity index is 4.67. The van der Waals surface area contributed by atoms with Crippen molar-refractivity contribution in [3.63, 3.8) is 0 Å². The van der Waals surface area contributed by atoms with E-state index in [1.807, 2.05) is 0 Å². The lowest BCUT2D eigenvalue weighted by Gasteiger charge is -2.34. The number of carbonyl (C=O) groups excluding carboxylic acids is 1. The van der Waals surface area contributed by atoms with E-state index in [4.69, 9.17) is 5.11 Å². The summed E-state index contributed by atoms with van der Waals surface area (Å²) in [4.78, 5) is 21.6. The lowest BCUT2D eigenvalue weighted by molar-refractivity contribution is -0.889. The summed E-state index contributed by atoms with van der Waals surface area (Å²) in [6.45, 7) is 1.36. The smallest absolute Gasteiger partial charge is 0.306 e. The molecule has 0 spiro atoms. The molecule has 2 atom stereocenters. The van der Waals surface area contributed by atoms with Gasteiger partial charge >= 0.3 is 5.97 Å². The van der Waals surface area contributed by atoms with Crippen molar-refractivity contribution in [2.24, 2.45) is 0 Å². The monoisotopic (exact) mass is 204 g/mol. The zero-order valence-corrected chi connectivity index (χ0v) is 9.02. The van der Waals surface area contributed by atoms with Gasteiger partial charge in [-0.3, -0.25) is 9.59 Å². The molecule has 0 aliphatic rings. The Kier molecular flexibility index (Phi) is 4.22. The largest absolute Gasteiger partial charge is 0.481 e. The second-order valence-electron chi connectivity index (χ2n) is 4.34. The molecule has 0 saturated carbocycles. The summed E-state index contributed by atoms with van der Waals surface area (Å²) in [6.07, 6.45) is -1.54. The van der Waals surface area contributed by atoms with Crippen molar-refractivity contribution in [3.8, 4) is 0 Å². The third-order valence-electron chi connectivity index (χ3n) is 2.00. The Hall–Kier alpha value is -0.940. The van der Waals surface area contributed by atoms with Gasteiger partial charge in [0.25, 0.3) is 0 Å². The Labute approximate surface area is 83.5 Å². The number of carboxylic acid groups (broad SMARTS) is 1. The first-order valence-electron chi connectivity index (χ1n) is 4.37. The van der Waals surface area contributed by atoms with Crippen LogP contribution in [-0.4, -0.2) is 59.7 Å². The van der Waals surface area contributed by atoms with Crippen molar-refractivity contribution in [2.75, 3.05) is 21.1 Å². The Morgan fingerprint density at radius 3 is 1.93 bits per heavy atom. The number of carboxylic acids is 1. The maximum atomic E-state index is 11.2. The van der Waals surface area contributed by atoms with Gasteiger partial charge in [0.1, 0.15) is 6.10 Å². The van der Waals surface area contributed by atoms with Crippen molar-refractivity contribution in [3.05, 3.63) is 0 Å². The lowest BCUT2D eigenvalue weighted by Crippen LogP contribution is -2.55. The molecule has 0 aliphatic carbocycles. The first-order valence-corrected chi connectivity index (χ1v) is 4.37. The first-order chi connectivity index (χ1) is 6.16. The maximum Gasteiger partial charge on any atom is 0.306 e. The molecule has 2 N–H and O–H groups in total. The molecular weight excluding hydrogens is 186 g/mol. The summed E-state index contributed by atoms with van der Waals surface area (Å²) in [5.74, 6) is -1.30. The fourth-order valence-electron chi connectivity index (χ4n) is 1.62. The predicted octanol–water partition coefficient (Wildman–Crippen LogP) is -0.514. The maximum absolute atomic E-state index is 11.2. The molecule has 82 valence electrons. The van der Waals surface area contributed by atoms with Crippen LogP contribution < -0.4 is 0 Å². The molecule has 0 aromatic heterocycles. The number of aliphatic carboxylic acids is 1. The summed E-state index contributed by atoms with van der Waals surface area (Å²) in [5, 5.41) is 18.1. The van der Waals surface area contributed by atoms with Crippen LogP contribution >= 0.6 is 0 Å². The van der Waals surface area contributed by atoms with Gasteiger partial charge in [-0.1, -0.05) is 0 Å². The Morgan fingerprint density at radius 1 is 1.29 bits per heavy atom. The normalized spacial score (nSPS) is 16.1. The Morgan fingerprint density at radius 2 is 1.71 bits per heavy atom. The summed E-state index contributed by atoms with van der Waals surface area (Å²) < 4.78 is 0.226. The van der Waals surface area contributed by atoms with Crippen molar-refractivity contribution >= 4 is 11.8 Å². The molecule has 0 radical (unpaired) electrons. The molecular formula is C9H18NO4+. The number of nitrogens with zero attached hydrogens (tertiary/aromatic N) is 1. The van der Waals surface area contributed by atoms with E-state index in [1.165, 1.54) is 6.92 Å². The molecule has 0 fully saturated rings. The fourth-order valence-corrected chi connectivity index (χ4v) is 1.62. The van der Waals surface area contributed by atoms with Crippen LogP contribution in [0, 0.1) is 0 Å². The van der Waals surface area contributed by atoms with Gasteiger partial charge in [0.05, 0.1) is 27.6 Å². The fraction of sp³-hybridized carbons (Fsp3) is 0.778. The van der Waals surface area contributed by atoms with E-state index >= 15 is 0 Å². The van der Waals surface area contributed by atoms with Crippen LogP contribution in [0.5, 0.6) is 0 Å². The van der Waals surface area contributed by atoms with E-state index in [0.717, 1.165) is 0 Å². The molecule has 14 heavy (non-hydrogen) atoms. The zero-order valence-electron chi connectivity index (χ0n) is 9.02. The van der Waals surface area contributed by atoms with E-state index in [9.17, 15) is 14.7 Å². The van der Waals surface area contributed by atoms with E-state index in [1.54, 1.807) is 21.1 Å². The molecule has 0 aromatic rings. The Bertz CT molecular complexity index is 231. The summed E-state index contributed by atoms with van der Waals surface area (Å²) in [6, 6.07) is -0.689. The van der Waals surface area contributed by atoms with Crippen LogP contribution in [0.25, 0.3) is 0 Å². The second-order valence-corrected chi connectivity index (χ2v) is 4.34. The van der Waals surface area contributed by atoms with Gasteiger partial charge in [-0.15, -0.1) is 0 Å². The van der Waals surface area contributed by atoms with Crippen LogP contribution in [0.3, 0.4) is 0 Å². The van der Waals surface area contributed by atoms with E-state index < -0.39 is 24.5 Å². The van der Waals surface area contributed by atoms with E-state index in [0.29, 0.717) is 0 Å². The third kappa shape index (κ3) is 3.85. The standard InChI is InChI=1S/C9H17NO4/c1-6(11)9(10(2,3)4)7(12)5-8(13)14/h7,9,12H,5H2,1-4H3/p+1. The topological polar surface area (TPSA) is 74.6 Å². The number of rotatable bonds is 5.